The van der Waals surface area contributed by atoms with Gasteiger partial charge in [-0.3, -0.25) is 0 Å². The van der Waals surface area contributed by atoms with E-state index >= 15 is 0 Å². The molecule has 0 fully saturated rings. The predicted molar refractivity (Wildman–Crippen MR) is 86.9 cm³/mol. The van der Waals surface area contributed by atoms with Crippen LogP contribution in [-0.2, 0) is 0 Å². The Morgan fingerprint density at radius 3 is 2.50 bits per heavy atom. The standard InChI is InChI=1S/C17H11ClN4/c18-15-4-2-1-3-14(15)16-9-10-20-17(22-16)21-13-7-5-12(11-19)6-8-13/h1-10H,(H,20,21,22). The van der Waals surface area contributed by atoms with Crippen LogP contribution in [0.3, 0.4) is 0 Å². The summed E-state index contributed by atoms with van der Waals surface area (Å²) in [6, 6.07) is 18.5. The van der Waals surface area contributed by atoms with Gasteiger partial charge in [-0.15, -0.1) is 0 Å². The Balaban J connectivity index is 1.88. The Bertz CT molecular complexity index is 838. The minimum absolute atomic E-state index is 0.474. The molecule has 0 aliphatic carbocycles. The lowest BCUT2D eigenvalue weighted by Crippen LogP contribution is -1.98. The largest absolute Gasteiger partial charge is 0.324 e. The summed E-state index contributed by atoms with van der Waals surface area (Å²) in [5.41, 5.74) is 3.03. The van der Waals surface area contributed by atoms with Crippen LogP contribution in [0.1, 0.15) is 5.56 Å². The molecule has 0 amide bonds. The molecule has 0 aliphatic heterocycles. The molecule has 0 saturated carbocycles. The minimum Gasteiger partial charge on any atom is -0.324 e. The predicted octanol–water partition coefficient (Wildman–Crippen LogP) is 4.41. The molecular formula is C17H11ClN4. The third kappa shape index (κ3) is 3.05. The molecule has 0 aliphatic rings. The Morgan fingerprint density at radius 1 is 1.00 bits per heavy atom. The molecule has 2 aromatic carbocycles. The van der Waals surface area contributed by atoms with Gasteiger partial charge >= 0.3 is 0 Å². The van der Waals surface area contributed by atoms with E-state index in [1.54, 1.807) is 18.3 Å². The van der Waals surface area contributed by atoms with Crippen molar-refractivity contribution in [3.63, 3.8) is 0 Å². The summed E-state index contributed by atoms with van der Waals surface area (Å²) in [5, 5.41) is 12.6. The van der Waals surface area contributed by atoms with Gasteiger partial charge in [-0.05, 0) is 36.4 Å². The highest BCUT2D eigenvalue weighted by Gasteiger charge is 2.06. The van der Waals surface area contributed by atoms with Gasteiger partial charge < -0.3 is 5.32 Å². The van der Waals surface area contributed by atoms with Crippen molar-refractivity contribution in [3.8, 4) is 17.3 Å². The molecule has 0 unspecified atom stereocenters. The fraction of sp³-hybridized carbons (Fsp3) is 0. The van der Waals surface area contributed by atoms with Crippen molar-refractivity contribution in [1.82, 2.24) is 9.97 Å². The first-order valence-corrected chi connectivity index (χ1v) is 6.99. The number of nitriles is 1. The average molecular weight is 307 g/mol. The van der Waals surface area contributed by atoms with E-state index in [2.05, 4.69) is 21.4 Å². The topological polar surface area (TPSA) is 61.6 Å². The number of nitrogens with zero attached hydrogens (tertiary/aromatic N) is 3. The SMILES string of the molecule is N#Cc1ccc(Nc2nccc(-c3ccccc3Cl)n2)cc1. The summed E-state index contributed by atoms with van der Waals surface area (Å²) < 4.78 is 0. The molecule has 106 valence electrons. The van der Waals surface area contributed by atoms with E-state index in [-0.39, 0.29) is 0 Å². The maximum Gasteiger partial charge on any atom is 0.227 e. The molecule has 3 aromatic rings. The van der Waals surface area contributed by atoms with Gasteiger partial charge in [0.15, 0.2) is 0 Å². The van der Waals surface area contributed by atoms with Crippen LogP contribution in [-0.4, -0.2) is 9.97 Å². The second-order valence-corrected chi connectivity index (χ2v) is 4.97. The van der Waals surface area contributed by atoms with Crippen molar-refractivity contribution in [3.05, 3.63) is 71.4 Å². The fourth-order valence-corrected chi connectivity index (χ4v) is 2.23. The van der Waals surface area contributed by atoms with E-state index in [0.717, 1.165) is 16.9 Å². The summed E-state index contributed by atoms with van der Waals surface area (Å²) in [4.78, 5) is 8.67. The van der Waals surface area contributed by atoms with Crippen LogP contribution in [0.5, 0.6) is 0 Å². The van der Waals surface area contributed by atoms with E-state index in [1.165, 1.54) is 0 Å². The van der Waals surface area contributed by atoms with Gasteiger partial charge in [0.05, 0.1) is 17.3 Å². The Labute approximate surface area is 133 Å². The maximum atomic E-state index is 8.80. The van der Waals surface area contributed by atoms with Crippen molar-refractivity contribution in [2.24, 2.45) is 0 Å². The van der Waals surface area contributed by atoms with Crippen LogP contribution in [0.2, 0.25) is 5.02 Å². The maximum absolute atomic E-state index is 8.80. The van der Waals surface area contributed by atoms with E-state index < -0.39 is 0 Å². The average Bonchev–Trinajstić information content (AvgIpc) is 2.56. The number of anilines is 2. The molecule has 1 heterocycles. The minimum atomic E-state index is 0.474. The molecule has 0 spiro atoms. The molecule has 22 heavy (non-hydrogen) atoms. The Kier molecular flexibility index (Phi) is 3.99. The number of rotatable bonds is 3. The van der Waals surface area contributed by atoms with Crippen molar-refractivity contribution >= 4 is 23.2 Å². The second kappa shape index (κ2) is 6.25. The Morgan fingerprint density at radius 2 is 1.77 bits per heavy atom. The summed E-state index contributed by atoms with van der Waals surface area (Å²) in [7, 11) is 0. The Hall–Kier alpha value is -2.90. The van der Waals surface area contributed by atoms with Crippen LogP contribution < -0.4 is 5.32 Å². The molecular weight excluding hydrogens is 296 g/mol. The normalized spacial score (nSPS) is 10.0. The smallest absolute Gasteiger partial charge is 0.227 e. The van der Waals surface area contributed by atoms with Crippen LogP contribution in [0.4, 0.5) is 11.6 Å². The molecule has 3 rings (SSSR count). The van der Waals surface area contributed by atoms with Crippen molar-refractivity contribution in [2.75, 3.05) is 5.32 Å². The van der Waals surface area contributed by atoms with Gasteiger partial charge in [0, 0.05) is 22.5 Å². The molecule has 0 radical (unpaired) electrons. The third-order valence-corrected chi connectivity index (χ3v) is 3.41. The fourth-order valence-electron chi connectivity index (χ4n) is 2.00. The van der Waals surface area contributed by atoms with E-state index in [9.17, 15) is 0 Å². The van der Waals surface area contributed by atoms with Gasteiger partial charge in [-0.2, -0.15) is 5.26 Å². The first-order chi connectivity index (χ1) is 10.8. The number of benzene rings is 2. The van der Waals surface area contributed by atoms with Crippen LogP contribution in [0.15, 0.2) is 60.8 Å². The van der Waals surface area contributed by atoms with Crippen molar-refractivity contribution in [1.29, 1.82) is 5.26 Å². The van der Waals surface area contributed by atoms with Crippen molar-refractivity contribution < 1.29 is 0 Å². The number of aromatic nitrogens is 2. The second-order valence-electron chi connectivity index (χ2n) is 4.56. The molecule has 0 saturated heterocycles. The molecule has 0 bridgehead atoms. The van der Waals surface area contributed by atoms with Crippen molar-refractivity contribution in [2.45, 2.75) is 0 Å². The lowest BCUT2D eigenvalue weighted by atomic mass is 10.1. The quantitative estimate of drug-likeness (QED) is 0.778. The first kappa shape index (κ1) is 14.1. The lowest BCUT2D eigenvalue weighted by molar-refractivity contribution is 1.17. The van der Waals surface area contributed by atoms with E-state index in [0.29, 0.717) is 16.5 Å². The highest BCUT2D eigenvalue weighted by atomic mass is 35.5. The number of hydrogen-bond donors (Lipinski definition) is 1. The lowest BCUT2D eigenvalue weighted by Gasteiger charge is -2.07. The summed E-state index contributed by atoms with van der Waals surface area (Å²) in [5.74, 6) is 0.474. The molecule has 1 N–H and O–H groups in total. The third-order valence-electron chi connectivity index (χ3n) is 3.08. The van der Waals surface area contributed by atoms with E-state index in [1.807, 2.05) is 42.5 Å². The van der Waals surface area contributed by atoms with Crippen LogP contribution in [0, 0.1) is 11.3 Å². The number of hydrogen-bond acceptors (Lipinski definition) is 4. The van der Waals surface area contributed by atoms with Gasteiger partial charge in [-0.25, -0.2) is 9.97 Å². The summed E-state index contributed by atoms with van der Waals surface area (Å²) >= 11 is 6.19. The van der Waals surface area contributed by atoms with Gasteiger partial charge in [-0.1, -0.05) is 29.8 Å². The van der Waals surface area contributed by atoms with Gasteiger partial charge in [0.1, 0.15) is 0 Å². The number of nitrogens with one attached hydrogen (secondary N) is 1. The summed E-state index contributed by atoms with van der Waals surface area (Å²) in [6.07, 6.45) is 1.68. The highest BCUT2D eigenvalue weighted by molar-refractivity contribution is 6.33. The van der Waals surface area contributed by atoms with Gasteiger partial charge in [0.2, 0.25) is 5.95 Å². The molecule has 1 aromatic heterocycles. The first-order valence-electron chi connectivity index (χ1n) is 6.61. The van der Waals surface area contributed by atoms with Gasteiger partial charge in [0.25, 0.3) is 0 Å². The monoisotopic (exact) mass is 306 g/mol. The molecule has 0 atom stereocenters. The highest BCUT2D eigenvalue weighted by Crippen LogP contribution is 2.26. The zero-order chi connectivity index (χ0) is 15.4. The molecule has 4 nitrogen and oxygen atoms in total. The van der Waals surface area contributed by atoms with Crippen LogP contribution in [0.25, 0.3) is 11.3 Å². The zero-order valence-electron chi connectivity index (χ0n) is 11.5. The summed E-state index contributed by atoms with van der Waals surface area (Å²) in [6.45, 7) is 0. The molecule has 5 heteroatoms. The zero-order valence-corrected chi connectivity index (χ0v) is 12.2. The van der Waals surface area contributed by atoms with Crippen LogP contribution >= 0.6 is 11.6 Å². The van der Waals surface area contributed by atoms with E-state index in [4.69, 9.17) is 16.9 Å². The number of halogens is 1.